The molecule has 0 unspecified atom stereocenters. The number of aromatic nitrogens is 2. The summed E-state index contributed by atoms with van der Waals surface area (Å²) < 4.78 is 0.694. The number of halogens is 1. The molecule has 2 aromatic rings. The van der Waals surface area contributed by atoms with Gasteiger partial charge in [-0.15, -0.1) is 10.2 Å². The molecule has 1 heterocycles. The van der Waals surface area contributed by atoms with Gasteiger partial charge in [0.25, 0.3) is 0 Å². The predicted octanol–water partition coefficient (Wildman–Crippen LogP) is 3.92. The van der Waals surface area contributed by atoms with E-state index >= 15 is 0 Å². The summed E-state index contributed by atoms with van der Waals surface area (Å²) >= 11 is 4.87. The molecule has 0 saturated heterocycles. The van der Waals surface area contributed by atoms with Crippen LogP contribution in [0.2, 0.25) is 0 Å². The summed E-state index contributed by atoms with van der Waals surface area (Å²) in [6, 6.07) is 5.43. The van der Waals surface area contributed by atoms with E-state index in [1.54, 1.807) is 17.4 Å². The Morgan fingerprint density at radius 3 is 2.63 bits per heavy atom. The van der Waals surface area contributed by atoms with E-state index in [1.165, 1.54) is 0 Å². The molecular weight excluding hydrogens is 326 g/mol. The molecule has 0 aliphatic rings. The highest BCUT2D eigenvalue weighted by Gasteiger charge is 2.19. The van der Waals surface area contributed by atoms with Gasteiger partial charge in [-0.25, -0.2) is 0 Å². The number of hydrogen-bond donors (Lipinski definition) is 2. The molecule has 19 heavy (non-hydrogen) atoms. The molecule has 0 spiro atoms. The van der Waals surface area contributed by atoms with Crippen LogP contribution < -0.4 is 5.32 Å². The number of aromatic hydroxyl groups is 1. The lowest BCUT2D eigenvalue weighted by molar-refractivity contribution is 0.471. The van der Waals surface area contributed by atoms with E-state index in [-0.39, 0.29) is 11.2 Å². The number of hydrogen-bond acceptors (Lipinski definition) is 5. The predicted molar refractivity (Wildman–Crippen MR) is 81.7 cm³/mol. The van der Waals surface area contributed by atoms with Crippen LogP contribution in [0, 0.1) is 0 Å². The van der Waals surface area contributed by atoms with Crippen molar-refractivity contribution in [1.29, 1.82) is 0 Å². The van der Waals surface area contributed by atoms with Crippen LogP contribution in [0.3, 0.4) is 0 Å². The molecule has 0 amide bonds. The van der Waals surface area contributed by atoms with Crippen LogP contribution in [0.4, 0.5) is 5.13 Å². The molecule has 4 nitrogen and oxygen atoms in total. The fraction of sp³-hybridized carbons (Fsp3) is 0.385. The van der Waals surface area contributed by atoms with E-state index in [9.17, 15) is 5.11 Å². The molecule has 2 N–H and O–H groups in total. The first-order chi connectivity index (χ1) is 8.86. The first-order valence-electron chi connectivity index (χ1n) is 5.91. The topological polar surface area (TPSA) is 58.0 Å². The number of rotatable bonds is 3. The van der Waals surface area contributed by atoms with E-state index in [4.69, 9.17) is 0 Å². The van der Waals surface area contributed by atoms with Gasteiger partial charge < -0.3 is 10.4 Å². The van der Waals surface area contributed by atoms with E-state index < -0.39 is 0 Å². The summed E-state index contributed by atoms with van der Waals surface area (Å²) in [6.45, 7) is 7.01. The van der Waals surface area contributed by atoms with Crippen LogP contribution >= 0.6 is 27.3 Å². The fourth-order valence-electron chi connectivity index (χ4n) is 1.44. The van der Waals surface area contributed by atoms with Crippen LogP contribution in [-0.4, -0.2) is 15.3 Å². The van der Waals surface area contributed by atoms with Crippen molar-refractivity contribution in [3.8, 4) is 5.75 Å². The van der Waals surface area contributed by atoms with Crippen molar-refractivity contribution in [2.75, 3.05) is 5.32 Å². The zero-order valence-corrected chi connectivity index (χ0v) is 13.5. The van der Waals surface area contributed by atoms with E-state index in [0.717, 1.165) is 15.7 Å². The maximum atomic E-state index is 9.43. The Balaban J connectivity index is 2.02. The highest BCUT2D eigenvalue weighted by Crippen LogP contribution is 2.28. The van der Waals surface area contributed by atoms with Gasteiger partial charge in [-0.05, 0) is 33.6 Å². The summed E-state index contributed by atoms with van der Waals surface area (Å²) in [5.41, 5.74) is 1.09. The van der Waals surface area contributed by atoms with Crippen LogP contribution in [0.25, 0.3) is 0 Å². The second kappa shape index (κ2) is 5.46. The fourth-order valence-corrected chi connectivity index (χ4v) is 2.66. The number of nitrogens with zero attached hydrogens (tertiary/aromatic N) is 2. The molecule has 102 valence electrons. The van der Waals surface area contributed by atoms with Crippen LogP contribution in [0.5, 0.6) is 5.75 Å². The van der Waals surface area contributed by atoms with Crippen molar-refractivity contribution in [3.63, 3.8) is 0 Å². The van der Waals surface area contributed by atoms with Crippen LogP contribution in [-0.2, 0) is 12.0 Å². The van der Waals surface area contributed by atoms with Gasteiger partial charge in [0.05, 0.1) is 4.47 Å². The Morgan fingerprint density at radius 1 is 1.32 bits per heavy atom. The Bertz CT molecular complexity index is 578. The number of anilines is 1. The van der Waals surface area contributed by atoms with Crippen molar-refractivity contribution in [1.82, 2.24) is 10.2 Å². The number of phenols is 1. The van der Waals surface area contributed by atoms with Gasteiger partial charge in [-0.2, -0.15) is 0 Å². The molecule has 1 aromatic heterocycles. The lowest BCUT2D eigenvalue weighted by Crippen LogP contribution is -2.10. The van der Waals surface area contributed by atoms with E-state index in [0.29, 0.717) is 11.0 Å². The Kier molecular flexibility index (Phi) is 4.10. The average molecular weight is 342 g/mol. The third-order valence-electron chi connectivity index (χ3n) is 2.52. The molecule has 6 heteroatoms. The van der Waals surface area contributed by atoms with Crippen molar-refractivity contribution >= 4 is 32.4 Å². The molecule has 0 atom stereocenters. The highest BCUT2D eigenvalue weighted by molar-refractivity contribution is 9.10. The lowest BCUT2D eigenvalue weighted by atomic mass is 9.98. The summed E-state index contributed by atoms with van der Waals surface area (Å²) in [4.78, 5) is 0. The van der Waals surface area contributed by atoms with Crippen molar-refractivity contribution in [3.05, 3.63) is 33.2 Å². The normalized spacial score (nSPS) is 11.6. The number of nitrogens with one attached hydrogen (secondary N) is 1. The second-order valence-electron chi connectivity index (χ2n) is 5.30. The number of phenolic OH excluding ortho intramolecular Hbond substituents is 1. The molecule has 2 rings (SSSR count). The average Bonchev–Trinajstić information content (AvgIpc) is 2.79. The molecule has 0 radical (unpaired) electrons. The van der Waals surface area contributed by atoms with Crippen LogP contribution in [0.1, 0.15) is 31.3 Å². The molecule has 0 bridgehead atoms. The molecular formula is C13H16BrN3OS. The Labute approximate surface area is 125 Å². The SMILES string of the molecule is CC(C)(C)c1nnc(NCc2ccc(O)c(Br)c2)s1. The minimum Gasteiger partial charge on any atom is -0.507 e. The van der Waals surface area contributed by atoms with E-state index in [2.05, 4.69) is 52.2 Å². The van der Waals surface area contributed by atoms with Gasteiger partial charge in [0.1, 0.15) is 10.8 Å². The van der Waals surface area contributed by atoms with Gasteiger partial charge in [-0.3, -0.25) is 0 Å². The number of benzene rings is 1. The molecule has 0 aliphatic heterocycles. The molecule has 1 aromatic carbocycles. The maximum Gasteiger partial charge on any atom is 0.205 e. The maximum absolute atomic E-state index is 9.43. The van der Waals surface area contributed by atoms with E-state index in [1.807, 2.05) is 12.1 Å². The summed E-state index contributed by atoms with van der Waals surface area (Å²) in [5.74, 6) is 0.245. The summed E-state index contributed by atoms with van der Waals surface area (Å²) in [7, 11) is 0. The second-order valence-corrected chi connectivity index (χ2v) is 7.13. The van der Waals surface area contributed by atoms with Crippen molar-refractivity contribution in [2.24, 2.45) is 0 Å². The Hall–Kier alpha value is -1.14. The largest absolute Gasteiger partial charge is 0.507 e. The van der Waals surface area contributed by atoms with Gasteiger partial charge in [0.2, 0.25) is 5.13 Å². The summed E-state index contributed by atoms with van der Waals surface area (Å²) in [6.07, 6.45) is 0. The Morgan fingerprint density at radius 2 is 2.05 bits per heavy atom. The van der Waals surface area contributed by atoms with Crippen molar-refractivity contribution < 1.29 is 5.11 Å². The van der Waals surface area contributed by atoms with Gasteiger partial charge in [-0.1, -0.05) is 38.2 Å². The van der Waals surface area contributed by atoms with Gasteiger partial charge in [0, 0.05) is 12.0 Å². The lowest BCUT2D eigenvalue weighted by Gasteiger charge is -2.12. The third-order valence-corrected chi connectivity index (χ3v) is 4.46. The third kappa shape index (κ3) is 3.67. The van der Waals surface area contributed by atoms with Crippen molar-refractivity contribution in [2.45, 2.75) is 32.7 Å². The molecule has 0 aliphatic carbocycles. The monoisotopic (exact) mass is 341 g/mol. The standard InChI is InChI=1S/C13H16BrN3OS/c1-13(2,3)11-16-17-12(19-11)15-7-8-4-5-10(18)9(14)6-8/h4-6,18H,7H2,1-3H3,(H,15,17). The molecule has 0 fully saturated rings. The van der Waals surface area contributed by atoms with Gasteiger partial charge in [0.15, 0.2) is 0 Å². The van der Waals surface area contributed by atoms with Gasteiger partial charge >= 0.3 is 0 Å². The molecule has 0 saturated carbocycles. The quantitative estimate of drug-likeness (QED) is 0.888. The van der Waals surface area contributed by atoms with Crippen LogP contribution in [0.15, 0.2) is 22.7 Å². The first-order valence-corrected chi connectivity index (χ1v) is 7.52. The smallest absolute Gasteiger partial charge is 0.205 e. The zero-order valence-electron chi connectivity index (χ0n) is 11.1. The first kappa shape index (κ1) is 14.3. The highest BCUT2D eigenvalue weighted by atomic mass is 79.9. The zero-order chi connectivity index (χ0) is 14.0. The summed E-state index contributed by atoms with van der Waals surface area (Å²) in [5, 5.41) is 22.8. The minimum atomic E-state index is 0.0269. The minimum absolute atomic E-state index is 0.0269.